The zero-order chi connectivity index (χ0) is 21.6. The van der Waals surface area contributed by atoms with E-state index in [0.29, 0.717) is 11.1 Å². The lowest BCUT2D eigenvalue weighted by molar-refractivity contribution is -0.151. The highest BCUT2D eigenvalue weighted by Gasteiger charge is 2.33. The topological polar surface area (TPSA) is 149 Å². The average molecular weight is 392 g/mol. The molecule has 0 aromatic rings. The van der Waals surface area contributed by atoms with Gasteiger partial charge in [0, 0.05) is 0 Å². The van der Waals surface area contributed by atoms with Crippen LogP contribution in [0, 0.1) is 0 Å². The molecule has 0 saturated heterocycles. The van der Waals surface area contributed by atoms with Gasteiger partial charge < -0.3 is 20.4 Å². The molecule has 0 radical (unpaired) electrons. The molecule has 1 rings (SSSR count). The molecule has 0 atom stereocenters. The summed E-state index contributed by atoms with van der Waals surface area (Å²) >= 11 is 0. The minimum Gasteiger partial charge on any atom is -0.478 e. The molecule has 1 heterocycles. The van der Waals surface area contributed by atoms with Crippen molar-refractivity contribution in [3.05, 3.63) is 70.9 Å². The van der Waals surface area contributed by atoms with Gasteiger partial charge in [0.15, 0.2) is 0 Å². The second-order valence-corrected chi connectivity index (χ2v) is 5.91. The summed E-state index contributed by atoms with van der Waals surface area (Å²) in [6.07, 6.45) is 0. The maximum Gasteiger partial charge on any atom is 0.347 e. The Morgan fingerprint density at radius 3 is 1.11 bits per heavy atom. The van der Waals surface area contributed by atoms with Crippen LogP contribution in [-0.4, -0.2) is 39.6 Å². The molecule has 4 N–H and O–H groups in total. The second-order valence-electron chi connectivity index (χ2n) is 5.91. The fourth-order valence-electron chi connectivity index (χ4n) is 2.17. The van der Waals surface area contributed by atoms with E-state index >= 15 is 0 Å². The third-order valence-corrected chi connectivity index (χ3v) is 3.23. The molecule has 0 fully saturated rings. The van der Waals surface area contributed by atoms with E-state index in [2.05, 4.69) is 31.1 Å². The van der Waals surface area contributed by atoms with Gasteiger partial charge in [-0.1, -0.05) is 26.3 Å². The Morgan fingerprint density at radius 2 is 0.964 bits per heavy atom. The minimum absolute atomic E-state index is 0. The van der Waals surface area contributed by atoms with Crippen LogP contribution in [0.3, 0.4) is 0 Å². The molecular weight excluding hydrogens is 368 g/mol. The third-order valence-electron chi connectivity index (χ3n) is 3.23. The number of hydrogen-bond donors (Lipinski definition) is 2. The molecule has 28 heavy (non-hydrogen) atoms. The SMILES string of the molecule is C=C(C)/C(C(=O)O)=C(\C(=C)C)C(=O)O.C=C(C)C1=C(C(=C)C)C(=O)OC1=O.O. The van der Waals surface area contributed by atoms with E-state index < -0.39 is 23.9 Å². The highest BCUT2D eigenvalue weighted by atomic mass is 16.6. The Bertz CT molecular complexity index is 749. The van der Waals surface area contributed by atoms with Gasteiger partial charge in [-0.2, -0.15) is 0 Å². The molecule has 1 aliphatic rings. The molecule has 0 saturated carbocycles. The number of cyclic esters (lactones) is 2. The van der Waals surface area contributed by atoms with Crippen molar-refractivity contribution in [1.29, 1.82) is 0 Å². The van der Waals surface area contributed by atoms with Crippen LogP contribution in [0.25, 0.3) is 0 Å². The molecule has 1 aliphatic heterocycles. The summed E-state index contributed by atoms with van der Waals surface area (Å²) < 4.78 is 4.44. The fourth-order valence-corrected chi connectivity index (χ4v) is 2.17. The number of carbonyl (C=O) groups excluding carboxylic acids is 2. The Balaban J connectivity index is 0. The first-order valence-corrected chi connectivity index (χ1v) is 7.59. The molecule has 0 spiro atoms. The van der Waals surface area contributed by atoms with Crippen LogP contribution in [0.2, 0.25) is 0 Å². The van der Waals surface area contributed by atoms with E-state index in [1.54, 1.807) is 13.8 Å². The van der Waals surface area contributed by atoms with E-state index in [-0.39, 0.29) is 38.9 Å². The van der Waals surface area contributed by atoms with E-state index in [4.69, 9.17) is 10.2 Å². The number of rotatable bonds is 6. The normalized spacial score (nSPS) is 13.3. The number of esters is 2. The maximum atomic E-state index is 11.1. The Labute approximate surface area is 162 Å². The molecule has 0 bridgehead atoms. The Hall–Kier alpha value is -3.52. The molecular formula is C20H24O8. The largest absolute Gasteiger partial charge is 0.478 e. The standard InChI is InChI=1S/C10H12O4.C10H10O3.H2O/c1-5(2)7(9(11)12)8(6(3)4)10(13)14;1-5(2)7-8(6(3)4)10(12)13-9(7)11;/h1,3H2,2,4H3,(H,11,12)(H,13,14);1,3H2,2,4H3;1H2/b8-7-;;. The van der Waals surface area contributed by atoms with Crippen LogP contribution in [-0.2, 0) is 23.9 Å². The number of carbonyl (C=O) groups is 4. The molecule has 0 aromatic heterocycles. The summed E-state index contributed by atoms with van der Waals surface area (Å²) in [4.78, 5) is 43.8. The molecule has 8 nitrogen and oxygen atoms in total. The summed E-state index contributed by atoms with van der Waals surface area (Å²) in [6, 6.07) is 0. The van der Waals surface area contributed by atoms with Crippen LogP contribution in [0.1, 0.15) is 27.7 Å². The van der Waals surface area contributed by atoms with Gasteiger partial charge in [-0.15, -0.1) is 0 Å². The quantitative estimate of drug-likeness (QED) is 0.305. The molecule has 8 heteroatoms. The van der Waals surface area contributed by atoms with Crippen molar-refractivity contribution in [3.8, 4) is 0 Å². The van der Waals surface area contributed by atoms with Crippen molar-refractivity contribution >= 4 is 23.9 Å². The van der Waals surface area contributed by atoms with Gasteiger partial charge in [-0.05, 0) is 50.0 Å². The van der Waals surface area contributed by atoms with Crippen LogP contribution >= 0.6 is 0 Å². The summed E-state index contributed by atoms with van der Waals surface area (Å²) in [6.45, 7) is 20.2. The van der Waals surface area contributed by atoms with Crippen molar-refractivity contribution < 1.29 is 39.6 Å². The first kappa shape index (κ1) is 26.7. The molecule has 0 amide bonds. The number of carboxylic acids is 2. The Morgan fingerprint density at radius 1 is 0.714 bits per heavy atom. The van der Waals surface area contributed by atoms with Crippen molar-refractivity contribution in [2.45, 2.75) is 27.7 Å². The number of carboxylic acid groups (broad SMARTS) is 2. The first-order chi connectivity index (χ1) is 12.2. The average Bonchev–Trinajstić information content (AvgIpc) is 2.78. The molecule has 0 unspecified atom stereocenters. The van der Waals surface area contributed by atoms with Gasteiger partial charge >= 0.3 is 23.9 Å². The monoisotopic (exact) mass is 392 g/mol. The maximum absolute atomic E-state index is 11.1. The van der Waals surface area contributed by atoms with Gasteiger partial charge in [-0.25, -0.2) is 19.2 Å². The summed E-state index contributed by atoms with van der Waals surface area (Å²) in [5.41, 5.74) is 1.32. The second kappa shape index (κ2) is 10.6. The zero-order valence-corrected chi connectivity index (χ0v) is 16.3. The molecule has 0 aromatic carbocycles. The van der Waals surface area contributed by atoms with Crippen molar-refractivity contribution in [2.75, 3.05) is 0 Å². The fraction of sp³-hybridized carbons (Fsp3) is 0.200. The van der Waals surface area contributed by atoms with Gasteiger partial charge in [0.25, 0.3) is 0 Å². The minimum atomic E-state index is -1.31. The van der Waals surface area contributed by atoms with Crippen molar-refractivity contribution in [2.24, 2.45) is 0 Å². The first-order valence-electron chi connectivity index (χ1n) is 7.59. The Kier molecular flexibility index (Phi) is 10.1. The van der Waals surface area contributed by atoms with Crippen LogP contribution in [0.15, 0.2) is 70.9 Å². The highest BCUT2D eigenvalue weighted by molar-refractivity contribution is 6.16. The highest BCUT2D eigenvalue weighted by Crippen LogP contribution is 2.27. The van der Waals surface area contributed by atoms with E-state index in [9.17, 15) is 19.2 Å². The number of aliphatic carboxylic acids is 2. The predicted octanol–water partition coefficient (Wildman–Crippen LogP) is 2.30. The molecule has 152 valence electrons. The van der Waals surface area contributed by atoms with E-state index in [0.717, 1.165) is 0 Å². The summed E-state index contributed by atoms with van der Waals surface area (Å²) in [5, 5.41) is 17.6. The lowest BCUT2D eigenvalue weighted by atomic mass is 9.98. The molecule has 0 aliphatic carbocycles. The van der Waals surface area contributed by atoms with Crippen molar-refractivity contribution in [3.63, 3.8) is 0 Å². The lowest BCUT2D eigenvalue weighted by Crippen LogP contribution is -2.12. The van der Waals surface area contributed by atoms with Crippen LogP contribution in [0.5, 0.6) is 0 Å². The third kappa shape index (κ3) is 6.33. The number of ether oxygens (including phenoxy) is 1. The smallest absolute Gasteiger partial charge is 0.347 e. The predicted molar refractivity (Wildman–Crippen MR) is 103 cm³/mol. The lowest BCUT2D eigenvalue weighted by Gasteiger charge is -2.07. The van der Waals surface area contributed by atoms with Gasteiger partial charge in [0.2, 0.25) is 0 Å². The van der Waals surface area contributed by atoms with Crippen LogP contribution in [0.4, 0.5) is 0 Å². The van der Waals surface area contributed by atoms with E-state index in [1.165, 1.54) is 13.8 Å². The van der Waals surface area contributed by atoms with Gasteiger partial charge in [0.05, 0.1) is 22.3 Å². The number of hydrogen-bond acceptors (Lipinski definition) is 5. The van der Waals surface area contributed by atoms with Gasteiger partial charge in [0.1, 0.15) is 0 Å². The zero-order valence-electron chi connectivity index (χ0n) is 16.3. The summed E-state index contributed by atoms with van der Waals surface area (Å²) in [7, 11) is 0. The van der Waals surface area contributed by atoms with Crippen LogP contribution < -0.4 is 0 Å². The van der Waals surface area contributed by atoms with Gasteiger partial charge in [-0.3, -0.25) is 0 Å². The van der Waals surface area contributed by atoms with E-state index in [1.807, 2.05) is 0 Å². The summed E-state index contributed by atoms with van der Waals surface area (Å²) in [5.74, 6) is -3.87. The van der Waals surface area contributed by atoms with Crippen molar-refractivity contribution in [1.82, 2.24) is 0 Å².